The zero-order chi connectivity index (χ0) is 14.5. The number of hydrogen-bond acceptors (Lipinski definition) is 2. The molecule has 2 amide bonds. The molecule has 0 unspecified atom stereocenters. The molecule has 0 spiro atoms. The molecular weight excluding hydrogens is 259 g/mol. The first-order valence-electron chi connectivity index (χ1n) is 5.81. The van der Waals surface area contributed by atoms with Gasteiger partial charge in [0.05, 0.1) is 0 Å². The van der Waals surface area contributed by atoms with Crippen molar-refractivity contribution in [3.05, 3.63) is 24.3 Å². The van der Waals surface area contributed by atoms with E-state index in [0.29, 0.717) is 24.3 Å². The van der Waals surface area contributed by atoms with Gasteiger partial charge in [0.15, 0.2) is 0 Å². The van der Waals surface area contributed by atoms with Gasteiger partial charge in [-0.15, -0.1) is 0 Å². The first-order chi connectivity index (χ1) is 8.83. The summed E-state index contributed by atoms with van der Waals surface area (Å²) in [5, 5.41) is 1.85. The van der Waals surface area contributed by atoms with Crippen molar-refractivity contribution >= 4 is 17.4 Å². The van der Waals surface area contributed by atoms with Gasteiger partial charge in [0.25, 0.3) is 0 Å². The third kappa shape index (κ3) is 5.07. The van der Waals surface area contributed by atoms with Gasteiger partial charge >= 0.3 is 12.2 Å². The molecule has 0 saturated carbocycles. The third-order valence-corrected chi connectivity index (χ3v) is 2.31. The number of alkyl halides is 3. The van der Waals surface area contributed by atoms with Crippen molar-refractivity contribution in [2.45, 2.75) is 19.5 Å². The molecule has 0 bridgehead atoms. The molecule has 0 heterocycles. The molecule has 1 aromatic carbocycles. The lowest BCUT2D eigenvalue weighted by molar-refractivity contribution is -0.122. The van der Waals surface area contributed by atoms with E-state index >= 15 is 0 Å². The lowest BCUT2D eigenvalue weighted by Crippen LogP contribution is -2.44. The Morgan fingerprint density at radius 1 is 1.42 bits per heavy atom. The number of amides is 2. The Morgan fingerprint density at radius 3 is 2.63 bits per heavy atom. The summed E-state index contributed by atoms with van der Waals surface area (Å²) >= 11 is 0. The van der Waals surface area contributed by atoms with Gasteiger partial charge in [-0.3, -0.25) is 4.90 Å². The van der Waals surface area contributed by atoms with Crippen molar-refractivity contribution in [1.29, 1.82) is 0 Å². The highest BCUT2D eigenvalue weighted by atomic mass is 19.4. The fraction of sp³-hybridized carbons (Fsp3) is 0.417. The monoisotopic (exact) mass is 275 g/mol. The number of anilines is 2. The fourth-order valence-corrected chi connectivity index (χ4v) is 1.54. The number of nitrogens with one attached hydrogen (secondary N) is 1. The Labute approximate surface area is 109 Å². The van der Waals surface area contributed by atoms with Crippen LogP contribution in [0, 0.1) is 0 Å². The van der Waals surface area contributed by atoms with Gasteiger partial charge < -0.3 is 11.1 Å². The maximum Gasteiger partial charge on any atom is 0.405 e. The number of nitrogens with zero attached hydrogens (tertiary/aromatic N) is 1. The number of rotatable bonds is 4. The van der Waals surface area contributed by atoms with E-state index in [1.807, 2.05) is 12.2 Å². The molecule has 1 aromatic rings. The number of hydrogen-bond donors (Lipinski definition) is 2. The molecule has 0 radical (unpaired) electrons. The van der Waals surface area contributed by atoms with Crippen molar-refractivity contribution in [3.8, 4) is 0 Å². The summed E-state index contributed by atoms with van der Waals surface area (Å²) in [4.78, 5) is 13.0. The van der Waals surface area contributed by atoms with Crippen LogP contribution in [0.25, 0.3) is 0 Å². The second-order valence-electron chi connectivity index (χ2n) is 4.02. The van der Waals surface area contributed by atoms with Gasteiger partial charge in [0.1, 0.15) is 6.54 Å². The van der Waals surface area contributed by atoms with Gasteiger partial charge in [-0.2, -0.15) is 13.2 Å². The SMILES string of the molecule is CCCN(C(=O)NCC(F)(F)F)c1cccc(N)c1. The summed E-state index contributed by atoms with van der Waals surface area (Å²) < 4.78 is 36.2. The predicted octanol–water partition coefficient (Wildman–Crippen LogP) is 2.76. The van der Waals surface area contributed by atoms with Crippen LogP contribution >= 0.6 is 0 Å². The quantitative estimate of drug-likeness (QED) is 0.830. The predicted molar refractivity (Wildman–Crippen MR) is 67.9 cm³/mol. The van der Waals surface area contributed by atoms with Gasteiger partial charge in [-0.1, -0.05) is 13.0 Å². The number of benzene rings is 1. The van der Waals surface area contributed by atoms with E-state index in [4.69, 9.17) is 5.73 Å². The number of halogens is 3. The zero-order valence-electron chi connectivity index (χ0n) is 10.5. The minimum atomic E-state index is -4.43. The molecule has 0 aliphatic rings. The van der Waals surface area contributed by atoms with Crippen LogP contribution in [0.3, 0.4) is 0 Å². The van der Waals surface area contributed by atoms with E-state index in [-0.39, 0.29) is 0 Å². The highest BCUT2D eigenvalue weighted by Crippen LogP contribution is 2.19. The molecule has 0 aliphatic carbocycles. The zero-order valence-corrected chi connectivity index (χ0v) is 10.5. The van der Waals surface area contributed by atoms with Crippen LogP contribution in [0.1, 0.15) is 13.3 Å². The van der Waals surface area contributed by atoms with Gasteiger partial charge in [-0.05, 0) is 24.6 Å². The second kappa shape index (κ2) is 6.31. The molecule has 3 N–H and O–H groups in total. The second-order valence-corrected chi connectivity index (χ2v) is 4.02. The van der Waals surface area contributed by atoms with Gasteiger partial charge in [0.2, 0.25) is 0 Å². The Balaban J connectivity index is 2.80. The molecule has 19 heavy (non-hydrogen) atoms. The van der Waals surface area contributed by atoms with E-state index in [1.54, 1.807) is 24.3 Å². The first-order valence-corrected chi connectivity index (χ1v) is 5.81. The Bertz CT molecular complexity index is 434. The third-order valence-electron chi connectivity index (χ3n) is 2.31. The van der Waals surface area contributed by atoms with E-state index in [9.17, 15) is 18.0 Å². The number of carbonyl (C=O) groups is 1. The largest absolute Gasteiger partial charge is 0.405 e. The maximum atomic E-state index is 12.1. The highest BCUT2D eigenvalue weighted by Gasteiger charge is 2.29. The Morgan fingerprint density at radius 2 is 2.11 bits per heavy atom. The molecular formula is C12H16F3N3O. The summed E-state index contributed by atoms with van der Waals surface area (Å²) in [7, 11) is 0. The minimum absolute atomic E-state index is 0.313. The van der Waals surface area contributed by atoms with Crippen LogP contribution < -0.4 is 16.0 Å². The van der Waals surface area contributed by atoms with E-state index in [0.717, 1.165) is 0 Å². The Hall–Kier alpha value is -1.92. The van der Waals surface area contributed by atoms with Crippen LogP contribution in [-0.4, -0.2) is 25.3 Å². The summed E-state index contributed by atoms with van der Waals surface area (Å²) in [5.74, 6) is 0. The Kier molecular flexibility index (Phi) is 5.02. The summed E-state index contributed by atoms with van der Waals surface area (Å²) in [6.07, 6.45) is -3.81. The first kappa shape index (κ1) is 15.1. The lowest BCUT2D eigenvalue weighted by atomic mass is 10.2. The van der Waals surface area contributed by atoms with E-state index in [2.05, 4.69) is 0 Å². The summed E-state index contributed by atoms with van der Waals surface area (Å²) in [6.45, 7) is 0.790. The standard InChI is InChI=1S/C12H16F3N3O/c1-2-6-18(10-5-3-4-9(16)7-10)11(19)17-8-12(13,14)15/h3-5,7H,2,6,8,16H2,1H3,(H,17,19). The van der Waals surface area contributed by atoms with Crippen LogP contribution in [-0.2, 0) is 0 Å². The number of urea groups is 1. The number of carbonyl (C=O) groups excluding carboxylic acids is 1. The molecule has 0 aromatic heterocycles. The average molecular weight is 275 g/mol. The molecule has 106 valence electrons. The van der Waals surface area contributed by atoms with Crippen LogP contribution in [0.4, 0.5) is 29.3 Å². The number of nitrogen functional groups attached to an aromatic ring is 1. The lowest BCUT2D eigenvalue weighted by Gasteiger charge is -2.23. The minimum Gasteiger partial charge on any atom is -0.399 e. The molecule has 4 nitrogen and oxygen atoms in total. The number of nitrogens with two attached hydrogens (primary N) is 1. The van der Waals surface area contributed by atoms with E-state index < -0.39 is 18.8 Å². The normalized spacial score (nSPS) is 11.2. The smallest absolute Gasteiger partial charge is 0.399 e. The molecule has 0 aliphatic heterocycles. The van der Waals surface area contributed by atoms with Crippen LogP contribution in [0.15, 0.2) is 24.3 Å². The summed E-state index contributed by atoms with van der Waals surface area (Å²) in [5.41, 5.74) is 6.52. The van der Waals surface area contributed by atoms with Gasteiger partial charge in [-0.25, -0.2) is 4.79 Å². The molecule has 0 atom stereocenters. The molecule has 1 rings (SSSR count). The molecule has 0 fully saturated rings. The average Bonchev–Trinajstić information content (AvgIpc) is 2.32. The molecule has 0 saturated heterocycles. The van der Waals surface area contributed by atoms with Crippen molar-refractivity contribution in [3.63, 3.8) is 0 Å². The van der Waals surface area contributed by atoms with E-state index in [1.165, 1.54) is 4.90 Å². The maximum absolute atomic E-state index is 12.1. The molecule has 7 heteroatoms. The van der Waals surface area contributed by atoms with Crippen LogP contribution in [0.2, 0.25) is 0 Å². The van der Waals surface area contributed by atoms with Crippen molar-refractivity contribution in [2.75, 3.05) is 23.7 Å². The van der Waals surface area contributed by atoms with Crippen molar-refractivity contribution < 1.29 is 18.0 Å². The summed E-state index contributed by atoms with van der Waals surface area (Å²) in [6, 6.07) is 5.66. The highest BCUT2D eigenvalue weighted by molar-refractivity contribution is 5.92. The fourth-order valence-electron chi connectivity index (χ4n) is 1.54. The van der Waals surface area contributed by atoms with Crippen molar-refractivity contribution in [2.24, 2.45) is 0 Å². The van der Waals surface area contributed by atoms with Crippen molar-refractivity contribution in [1.82, 2.24) is 5.32 Å². The van der Waals surface area contributed by atoms with Crippen LogP contribution in [0.5, 0.6) is 0 Å². The van der Waals surface area contributed by atoms with Gasteiger partial charge in [0, 0.05) is 17.9 Å². The topological polar surface area (TPSA) is 58.4 Å².